The number of aliphatic hydroxyl groups is 8. The Hall–Kier alpha value is -1.27. The van der Waals surface area contributed by atoms with Gasteiger partial charge in [-0.05, 0) is 92.4 Å². The number of carbonyl (C=O) groups is 1. The summed E-state index contributed by atoms with van der Waals surface area (Å²) in [4.78, 5) is 11.9. The summed E-state index contributed by atoms with van der Waals surface area (Å²) in [5.74, 6) is 0.596. The Morgan fingerprint density at radius 2 is 1.47 bits per heavy atom. The van der Waals surface area contributed by atoms with E-state index in [-0.39, 0.29) is 34.7 Å². The number of fused-ring (bicyclic) bond motifs is 5. The lowest BCUT2D eigenvalue weighted by molar-refractivity contribution is -0.373. The van der Waals surface area contributed by atoms with Crippen molar-refractivity contribution >= 4 is 5.97 Å². The van der Waals surface area contributed by atoms with Gasteiger partial charge >= 0.3 is 5.97 Å². The second-order valence-corrected chi connectivity index (χ2v) is 16.3. The van der Waals surface area contributed by atoms with E-state index in [1.54, 1.807) is 6.08 Å². The van der Waals surface area contributed by atoms with Crippen LogP contribution in [-0.2, 0) is 28.5 Å². The lowest BCUT2D eigenvalue weighted by atomic mass is 9.43. The number of aliphatic hydroxyl groups excluding tert-OH is 7. The SMILES string of the molecule is C[C@]12CC[C@H](O[C@@H]3O[C@@H](CO)[C@@H](O)[C@@H](O)[C@H]3O[C@H]3O[C@@H](CO)[C@@H](O)[C@@H](O)[C@H]3O)C[C@@H]1CC[C@@H]1[C@H]2CC[C@]2(C)[C@@H](C3=CC(=O)OC3)CC[C@]12O. The maximum Gasteiger partial charge on any atom is 0.331 e. The number of ether oxygens (including phenoxy) is 5. The Labute approximate surface area is 285 Å². The minimum atomic E-state index is -1.74. The molecule has 14 heteroatoms. The number of cyclic esters (lactones) is 1. The third-order valence-electron chi connectivity index (χ3n) is 14.2. The molecule has 0 spiro atoms. The fourth-order valence-electron chi connectivity index (χ4n) is 11.3. The summed E-state index contributed by atoms with van der Waals surface area (Å²) in [7, 11) is 0. The van der Waals surface area contributed by atoms with Crippen LogP contribution in [0.3, 0.4) is 0 Å². The molecule has 4 aliphatic carbocycles. The molecule has 0 aromatic rings. The molecule has 14 nitrogen and oxygen atoms in total. The summed E-state index contributed by atoms with van der Waals surface area (Å²) in [5, 5.41) is 84.8. The Morgan fingerprint density at radius 3 is 2.14 bits per heavy atom. The quantitative estimate of drug-likeness (QED) is 0.121. The number of hydrogen-bond donors (Lipinski definition) is 8. The van der Waals surface area contributed by atoms with Crippen LogP contribution in [0.1, 0.15) is 71.6 Å². The van der Waals surface area contributed by atoms with Gasteiger partial charge in [0.1, 0.15) is 55.4 Å². The van der Waals surface area contributed by atoms with Crippen LogP contribution in [0, 0.1) is 34.5 Å². The predicted molar refractivity (Wildman–Crippen MR) is 167 cm³/mol. The van der Waals surface area contributed by atoms with E-state index in [4.69, 9.17) is 23.7 Å². The van der Waals surface area contributed by atoms with Gasteiger partial charge in [0.25, 0.3) is 0 Å². The number of esters is 1. The molecule has 3 aliphatic heterocycles. The molecule has 18 atom stereocenters. The summed E-state index contributed by atoms with van der Waals surface area (Å²) in [6.45, 7) is 3.61. The van der Waals surface area contributed by atoms with Crippen molar-refractivity contribution in [1.29, 1.82) is 0 Å². The first kappa shape index (κ1) is 36.1. The van der Waals surface area contributed by atoms with E-state index in [0.717, 1.165) is 44.1 Å². The highest BCUT2D eigenvalue weighted by molar-refractivity contribution is 5.85. The minimum absolute atomic E-state index is 0.0351. The molecule has 0 aromatic carbocycles. The Kier molecular flexibility index (Phi) is 9.80. The van der Waals surface area contributed by atoms with Crippen LogP contribution in [0.25, 0.3) is 0 Å². The van der Waals surface area contributed by atoms with E-state index in [2.05, 4.69) is 13.8 Å². The van der Waals surface area contributed by atoms with Gasteiger partial charge in [0, 0.05) is 11.5 Å². The smallest absolute Gasteiger partial charge is 0.331 e. The fraction of sp³-hybridized carbons (Fsp3) is 0.914. The molecule has 0 bridgehead atoms. The average molecular weight is 699 g/mol. The first-order valence-corrected chi connectivity index (χ1v) is 18.1. The first-order chi connectivity index (χ1) is 23.3. The van der Waals surface area contributed by atoms with Crippen molar-refractivity contribution in [2.45, 2.75) is 145 Å². The number of hydrogen-bond acceptors (Lipinski definition) is 14. The lowest BCUT2D eigenvalue weighted by Crippen LogP contribution is -2.65. The maximum absolute atomic E-state index is 12.5. The van der Waals surface area contributed by atoms with Gasteiger partial charge in [-0.2, -0.15) is 0 Å². The van der Waals surface area contributed by atoms with Gasteiger partial charge in [0.15, 0.2) is 12.6 Å². The molecule has 4 saturated carbocycles. The van der Waals surface area contributed by atoms with Gasteiger partial charge in [-0.3, -0.25) is 0 Å². The van der Waals surface area contributed by atoms with E-state index in [1.807, 2.05) is 0 Å². The molecule has 0 amide bonds. The predicted octanol–water partition coefficient (Wildman–Crippen LogP) is -0.747. The molecule has 0 aromatic heterocycles. The molecule has 278 valence electrons. The molecule has 3 heterocycles. The normalized spacial score (nSPS) is 54.4. The van der Waals surface area contributed by atoms with E-state index >= 15 is 0 Å². The van der Waals surface area contributed by atoms with Gasteiger partial charge in [0.2, 0.25) is 0 Å². The fourth-order valence-corrected chi connectivity index (χ4v) is 11.3. The molecule has 7 rings (SSSR count). The summed E-state index contributed by atoms with van der Waals surface area (Å²) >= 11 is 0. The van der Waals surface area contributed by atoms with Crippen LogP contribution in [0.5, 0.6) is 0 Å². The average Bonchev–Trinajstić information content (AvgIpc) is 3.63. The topological polar surface area (TPSA) is 225 Å². The van der Waals surface area contributed by atoms with Crippen molar-refractivity contribution in [3.8, 4) is 0 Å². The second-order valence-electron chi connectivity index (χ2n) is 16.3. The molecule has 8 N–H and O–H groups in total. The summed E-state index contributed by atoms with van der Waals surface area (Å²) < 4.78 is 29.0. The summed E-state index contributed by atoms with van der Waals surface area (Å²) in [5.41, 5.74) is -0.165. The minimum Gasteiger partial charge on any atom is -0.458 e. The maximum atomic E-state index is 12.5. The van der Waals surface area contributed by atoms with Crippen molar-refractivity contribution in [1.82, 2.24) is 0 Å². The lowest BCUT2D eigenvalue weighted by Gasteiger charge is -2.64. The molecule has 0 radical (unpaired) electrons. The highest BCUT2D eigenvalue weighted by atomic mass is 16.8. The van der Waals surface area contributed by atoms with E-state index in [9.17, 15) is 45.6 Å². The number of carbonyl (C=O) groups excluding carboxylic acids is 1. The molecule has 7 aliphatic rings. The van der Waals surface area contributed by atoms with Crippen LogP contribution in [0.15, 0.2) is 11.6 Å². The van der Waals surface area contributed by atoms with Crippen LogP contribution in [0.4, 0.5) is 0 Å². The van der Waals surface area contributed by atoms with Gasteiger partial charge in [0.05, 0.1) is 24.9 Å². The van der Waals surface area contributed by atoms with Gasteiger partial charge < -0.3 is 64.5 Å². The zero-order valence-electron chi connectivity index (χ0n) is 28.3. The Morgan fingerprint density at radius 1 is 0.776 bits per heavy atom. The second kappa shape index (κ2) is 13.3. The zero-order valence-corrected chi connectivity index (χ0v) is 28.3. The third-order valence-corrected chi connectivity index (χ3v) is 14.2. The van der Waals surface area contributed by atoms with Gasteiger partial charge in [-0.25, -0.2) is 4.79 Å². The highest BCUT2D eigenvalue weighted by Crippen LogP contribution is 2.70. The van der Waals surface area contributed by atoms with Crippen LogP contribution in [-0.4, -0.2) is 140 Å². The highest BCUT2D eigenvalue weighted by Gasteiger charge is 2.68. The first-order valence-electron chi connectivity index (χ1n) is 18.1. The standard InChI is InChI=1S/C35H54O14/c1-33-8-5-18(46-32-30(28(42)26(40)23(14-37)48-32)49-31-29(43)27(41)25(39)22(13-36)47-31)12-17(33)3-4-21-20(33)6-9-34(2)19(7-10-35(21,34)44)16-11-24(38)45-15-16/h11,17-23,25-32,36-37,39-44H,3-10,12-15H2,1-2H3/t17-,18-,19+,20+,21+,22-,23-,25+,26+,27+,28+,29+,30+,31+,32+,33-,34+,35-/m0/s1. The molecule has 0 unspecified atom stereocenters. The van der Waals surface area contributed by atoms with Crippen LogP contribution in [0.2, 0.25) is 0 Å². The zero-order chi connectivity index (χ0) is 35.0. The van der Waals surface area contributed by atoms with Crippen molar-refractivity contribution in [3.63, 3.8) is 0 Å². The third kappa shape index (κ3) is 5.73. The molecular weight excluding hydrogens is 644 g/mol. The monoisotopic (exact) mass is 698 g/mol. The molecule has 49 heavy (non-hydrogen) atoms. The number of rotatable bonds is 7. The summed E-state index contributed by atoms with van der Waals surface area (Å²) in [6, 6.07) is 0. The largest absolute Gasteiger partial charge is 0.458 e. The Bertz CT molecular complexity index is 1260. The molecular formula is C35H54O14. The van der Waals surface area contributed by atoms with E-state index in [0.29, 0.717) is 37.7 Å². The van der Waals surface area contributed by atoms with E-state index in [1.165, 1.54) is 0 Å². The van der Waals surface area contributed by atoms with Crippen LogP contribution < -0.4 is 0 Å². The van der Waals surface area contributed by atoms with Crippen molar-refractivity contribution in [3.05, 3.63) is 11.6 Å². The summed E-state index contributed by atoms with van der Waals surface area (Å²) in [6.07, 6.45) is -6.20. The van der Waals surface area contributed by atoms with Crippen molar-refractivity contribution in [2.24, 2.45) is 34.5 Å². The molecule has 2 saturated heterocycles. The Balaban J connectivity index is 1.05. The van der Waals surface area contributed by atoms with Gasteiger partial charge in [-0.15, -0.1) is 0 Å². The molecule has 6 fully saturated rings. The van der Waals surface area contributed by atoms with Gasteiger partial charge in [-0.1, -0.05) is 13.8 Å². The van der Waals surface area contributed by atoms with Crippen molar-refractivity contribution < 1.29 is 69.3 Å². The van der Waals surface area contributed by atoms with Crippen molar-refractivity contribution in [2.75, 3.05) is 19.8 Å². The van der Waals surface area contributed by atoms with E-state index < -0.39 is 80.2 Å². The van der Waals surface area contributed by atoms with Crippen LogP contribution >= 0.6 is 0 Å².